The normalized spacial score (nSPS) is 13.7. The highest BCUT2D eigenvalue weighted by atomic mass is 16.6. The average Bonchev–Trinajstić information content (AvgIpc) is 2.26. The molecule has 0 unspecified atom stereocenters. The molecule has 0 amide bonds. The first-order chi connectivity index (χ1) is 7.25. The summed E-state index contributed by atoms with van der Waals surface area (Å²) in [6, 6.07) is 6.15. The van der Waals surface area contributed by atoms with Crippen molar-refractivity contribution in [3.8, 4) is 11.5 Å². The molecule has 15 heavy (non-hydrogen) atoms. The number of benzene rings is 1. The van der Waals surface area contributed by atoms with Crippen LogP contribution in [0.1, 0.15) is 18.9 Å². The maximum absolute atomic E-state index is 5.52. The highest BCUT2D eigenvalue weighted by molar-refractivity contribution is 5.43. The molecule has 0 saturated heterocycles. The van der Waals surface area contributed by atoms with Crippen LogP contribution in [-0.4, -0.2) is 13.2 Å². The first-order valence-electron chi connectivity index (χ1n) is 5.28. The number of hydrogen-bond acceptors (Lipinski definition) is 2. The predicted molar refractivity (Wildman–Crippen MR) is 60.6 cm³/mol. The summed E-state index contributed by atoms with van der Waals surface area (Å²) in [7, 11) is 0. The van der Waals surface area contributed by atoms with Crippen molar-refractivity contribution in [3.63, 3.8) is 0 Å². The molecule has 2 heteroatoms. The average molecular weight is 204 g/mol. The Morgan fingerprint density at radius 2 is 2.00 bits per heavy atom. The molecule has 0 atom stereocenters. The molecule has 1 aromatic rings. The molecule has 2 rings (SSSR count). The Bertz CT molecular complexity index is 369. The van der Waals surface area contributed by atoms with Crippen LogP contribution in [0.5, 0.6) is 11.5 Å². The number of fused-ring (bicyclic) bond motifs is 1. The quantitative estimate of drug-likeness (QED) is 0.705. The standard InChI is InChI=1S/C13H16O2/c1-10(2)3-4-11-5-6-12-13(9-11)15-8-7-14-12/h5-6,9H,1,3-4,7-8H2,2H3. The minimum atomic E-state index is 0.650. The molecule has 1 heterocycles. The molecular weight excluding hydrogens is 188 g/mol. The van der Waals surface area contributed by atoms with E-state index in [9.17, 15) is 0 Å². The summed E-state index contributed by atoms with van der Waals surface area (Å²) >= 11 is 0. The van der Waals surface area contributed by atoms with Gasteiger partial charge in [-0.1, -0.05) is 11.6 Å². The van der Waals surface area contributed by atoms with Crippen molar-refractivity contribution in [1.82, 2.24) is 0 Å². The predicted octanol–water partition coefficient (Wildman–Crippen LogP) is 2.97. The highest BCUT2D eigenvalue weighted by Crippen LogP contribution is 2.31. The molecule has 1 aromatic carbocycles. The van der Waals surface area contributed by atoms with Crippen molar-refractivity contribution in [1.29, 1.82) is 0 Å². The monoisotopic (exact) mass is 204 g/mol. The van der Waals surface area contributed by atoms with Gasteiger partial charge in [-0.25, -0.2) is 0 Å². The second-order valence-corrected chi connectivity index (χ2v) is 3.94. The second-order valence-electron chi connectivity index (χ2n) is 3.94. The molecular formula is C13H16O2. The van der Waals surface area contributed by atoms with Crippen LogP contribution in [0.2, 0.25) is 0 Å². The topological polar surface area (TPSA) is 18.5 Å². The lowest BCUT2D eigenvalue weighted by atomic mass is 10.1. The first kappa shape index (κ1) is 10.1. The van der Waals surface area contributed by atoms with E-state index in [1.54, 1.807) is 0 Å². The van der Waals surface area contributed by atoms with E-state index < -0.39 is 0 Å². The fourth-order valence-electron chi connectivity index (χ4n) is 1.60. The van der Waals surface area contributed by atoms with Gasteiger partial charge in [0.15, 0.2) is 11.5 Å². The molecule has 0 aliphatic carbocycles. The molecule has 1 aliphatic heterocycles. The molecule has 0 saturated carbocycles. The van der Waals surface area contributed by atoms with Crippen LogP contribution >= 0.6 is 0 Å². The van der Waals surface area contributed by atoms with E-state index in [1.807, 2.05) is 6.07 Å². The Balaban J connectivity index is 2.10. The number of rotatable bonds is 3. The van der Waals surface area contributed by atoms with E-state index in [1.165, 1.54) is 11.1 Å². The van der Waals surface area contributed by atoms with Gasteiger partial charge < -0.3 is 9.47 Å². The molecule has 1 aliphatic rings. The summed E-state index contributed by atoms with van der Waals surface area (Å²) in [5, 5.41) is 0. The molecule has 0 radical (unpaired) electrons. The Kier molecular flexibility index (Phi) is 2.95. The third-order valence-corrected chi connectivity index (χ3v) is 2.45. The fraction of sp³-hybridized carbons (Fsp3) is 0.385. The molecule has 0 spiro atoms. The van der Waals surface area contributed by atoms with Crippen molar-refractivity contribution in [2.75, 3.05) is 13.2 Å². The number of ether oxygens (including phenoxy) is 2. The van der Waals surface area contributed by atoms with Gasteiger partial charge >= 0.3 is 0 Å². The van der Waals surface area contributed by atoms with Crippen LogP contribution < -0.4 is 9.47 Å². The lowest BCUT2D eigenvalue weighted by Gasteiger charge is -2.18. The van der Waals surface area contributed by atoms with Gasteiger partial charge in [-0.3, -0.25) is 0 Å². The summed E-state index contributed by atoms with van der Waals surface area (Å²) in [6.07, 6.45) is 2.05. The van der Waals surface area contributed by atoms with E-state index >= 15 is 0 Å². The third kappa shape index (κ3) is 2.52. The number of allylic oxidation sites excluding steroid dienone is 1. The van der Waals surface area contributed by atoms with Crippen LogP contribution in [0.4, 0.5) is 0 Å². The zero-order chi connectivity index (χ0) is 10.7. The molecule has 0 N–H and O–H groups in total. The van der Waals surface area contributed by atoms with Crippen molar-refractivity contribution in [2.24, 2.45) is 0 Å². The van der Waals surface area contributed by atoms with Gasteiger partial charge in [0.05, 0.1) is 0 Å². The van der Waals surface area contributed by atoms with E-state index in [4.69, 9.17) is 9.47 Å². The van der Waals surface area contributed by atoms with E-state index in [0.717, 1.165) is 24.3 Å². The van der Waals surface area contributed by atoms with Gasteiger partial charge in [-0.15, -0.1) is 6.58 Å². The molecule has 2 nitrogen and oxygen atoms in total. The minimum absolute atomic E-state index is 0.650. The summed E-state index contributed by atoms with van der Waals surface area (Å²) in [5.41, 5.74) is 2.49. The summed E-state index contributed by atoms with van der Waals surface area (Å²) < 4.78 is 11.0. The second kappa shape index (κ2) is 4.39. The van der Waals surface area contributed by atoms with Gasteiger partial charge in [-0.05, 0) is 37.5 Å². The Morgan fingerprint density at radius 3 is 2.73 bits per heavy atom. The van der Waals surface area contributed by atoms with Gasteiger partial charge in [0.1, 0.15) is 13.2 Å². The summed E-state index contributed by atoms with van der Waals surface area (Å²) in [5.74, 6) is 1.74. The van der Waals surface area contributed by atoms with E-state index in [0.29, 0.717) is 13.2 Å². The smallest absolute Gasteiger partial charge is 0.161 e. The van der Waals surface area contributed by atoms with Crippen LogP contribution in [0.3, 0.4) is 0 Å². The SMILES string of the molecule is C=C(C)CCc1ccc2c(c1)OCCO2. The largest absolute Gasteiger partial charge is 0.486 e. The van der Waals surface area contributed by atoms with Crippen molar-refractivity contribution >= 4 is 0 Å². The van der Waals surface area contributed by atoms with E-state index in [-0.39, 0.29) is 0 Å². The Hall–Kier alpha value is -1.44. The summed E-state index contributed by atoms with van der Waals surface area (Å²) in [6.45, 7) is 7.26. The molecule has 0 aromatic heterocycles. The van der Waals surface area contributed by atoms with Crippen molar-refractivity contribution < 1.29 is 9.47 Å². The first-order valence-corrected chi connectivity index (χ1v) is 5.28. The maximum atomic E-state index is 5.52. The lowest BCUT2D eigenvalue weighted by Crippen LogP contribution is -2.15. The Morgan fingerprint density at radius 1 is 1.27 bits per heavy atom. The maximum Gasteiger partial charge on any atom is 0.161 e. The zero-order valence-corrected chi connectivity index (χ0v) is 9.08. The minimum Gasteiger partial charge on any atom is -0.486 e. The van der Waals surface area contributed by atoms with E-state index in [2.05, 4.69) is 25.6 Å². The van der Waals surface area contributed by atoms with Gasteiger partial charge in [0, 0.05) is 0 Å². The van der Waals surface area contributed by atoms with Crippen LogP contribution in [0.25, 0.3) is 0 Å². The zero-order valence-electron chi connectivity index (χ0n) is 9.08. The number of aryl methyl sites for hydroxylation is 1. The molecule has 80 valence electrons. The lowest BCUT2D eigenvalue weighted by molar-refractivity contribution is 0.171. The fourth-order valence-corrected chi connectivity index (χ4v) is 1.60. The van der Waals surface area contributed by atoms with Crippen LogP contribution in [0, 0.1) is 0 Å². The number of hydrogen-bond donors (Lipinski definition) is 0. The van der Waals surface area contributed by atoms with Crippen molar-refractivity contribution in [3.05, 3.63) is 35.9 Å². The third-order valence-electron chi connectivity index (χ3n) is 2.45. The van der Waals surface area contributed by atoms with Gasteiger partial charge in [0.25, 0.3) is 0 Å². The van der Waals surface area contributed by atoms with Gasteiger partial charge in [0.2, 0.25) is 0 Å². The highest BCUT2D eigenvalue weighted by Gasteiger charge is 2.11. The van der Waals surface area contributed by atoms with Gasteiger partial charge in [-0.2, -0.15) is 0 Å². The molecule has 0 bridgehead atoms. The Labute approximate surface area is 90.5 Å². The molecule has 0 fully saturated rings. The van der Waals surface area contributed by atoms with Crippen molar-refractivity contribution in [2.45, 2.75) is 19.8 Å². The van der Waals surface area contributed by atoms with Crippen LogP contribution in [-0.2, 0) is 6.42 Å². The van der Waals surface area contributed by atoms with Crippen LogP contribution in [0.15, 0.2) is 30.4 Å². The summed E-state index contributed by atoms with van der Waals surface area (Å²) in [4.78, 5) is 0.